The van der Waals surface area contributed by atoms with Crippen molar-refractivity contribution in [1.29, 1.82) is 0 Å². The first-order chi connectivity index (χ1) is 8.11. The molecule has 0 aliphatic heterocycles. The fraction of sp³-hybridized carbons (Fsp3) is 0.308. The summed E-state index contributed by atoms with van der Waals surface area (Å²) in [7, 11) is 0. The smallest absolute Gasteiger partial charge is 0.238 e. The summed E-state index contributed by atoms with van der Waals surface area (Å²) in [5, 5.41) is 5.85. The molecule has 2 N–H and O–H groups in total. The first kappa shape index (κ1) is 13.8. The van der Waals surface area contributed by atoms with Crippen molar-refractivity contribution < 1.29 is 4.79 Å². The van der Waals surface area contributed by atoms with Crippen molar-refractivity contribution in [3.63, 3.8) is 0 Å². The Kier molecular flexibility index (Phi) is 5.75. The molecule has 0 saturated carbocycles. The molecule has 1 rings (SSSR count). The molecule has 1 aromatic carbocycles. The van der Waals surface area contributed by atoms with Crippen molar-refractivity contribution in [1.82, 2.24) is 5.32 Å². The first-order valence-electron chi connectivity index (χ1n) is 5.34. The van der Waals surface area contributed by atoms with Crippen LogP contribution in [0.1, 0.15) is 13.3 Å². The number of terminal acetylenes is 1. The van der Waals surface area contributed by atoms with Gasteiger partial charge in [-0.3, -0.25) is 4.79 Å². The Hall–Kier alpha value is -1.31. The van der Waals surface area contributed by atoms with Gasteiger partial charge in [0.05, 0.1) is 6.54 Å². The van der Waals surface area contributed by atoms with E-state index in [1.165, 1.54) is 0 Å². The van der Waals surface area contributed by atoms with E-state index in [2.05, 4.69) is 32.5 Å². The number of carbonyl (C=O) groups is 1. The van der Waals surface area contributed by atoms with Gasteiger partial charge in [-0.1, -0.05) is 22.0 Å². The Bertz CT molecular complexity index is 426. The number of carbonyl (C=O) groups excluding carboxylic acids is 1. The lowest BCUT2D eigenvalue weighted by Crippen LogP contribution is -2.34. The third kappa shape index (κ3) is 5.53. The van der Waals surface area contributed by atoms with E-state index in [1.807, 2.05) is 31.2 Å². The highest BCUT2D eigenvalue weighted by Crippen LogP contribution is 2.15. The average Bonchev–Trinajstić information content (AvgIpc) is 2.27. The van der Waals surface area contributed by atoms with Gasteiger partial charge in [0.1, 0.15) is 0 Å². The maximum Gasteiger partial charge on any atom is 0.238 e. The van der Waals surface area contributed by atoms with E-state index >= 15 is 0 Å². The molecule has 1 aromatic rings. The van der Waals surface area contributed by atoms with Gasteiger partial charge in [0, 0.05) is 22.6 Å². The normalized spacial score (nSPS) is 11.6. The van der Waals surface area contributed by atoms with Crippen molar-refractivity contribution in [2.45, 2.75) is 19.4 Å². The maximum absolute atomic E-state index is 11.6. The van der Waals surface area contributed by atoms with Crippen LogP contribution in [0.4, 0.5) is 5.69 Å². The minimum atomic E-state index is -0.0769. The molecule has 1 amide bonds. The molecule has 3 nitrogen and oxygen atoms in total. The lowest BCUT2D eigenvalue weighted by atomic mass is 10.2. The van der Waals surface area contributed by atoms with Crippen LogP contribution in [0.25, 0.3) is 0 Å². The Labute approximate surface area is 110 Å². The number of hydrogen-bond donors (Lipinski definition) is 2. The molecule has 1 unspecified atom stereocenters. The van der Waals surface area contributed by atoms with Gasteiger partial charge >= 0.3 is 0 Å². The van der Waals surface area contributed by atoms with Gasteiger partial charge < -0.3 is 10.6 Å². The SMILES string of the molecule is C#CCC(C)NCC(=O)Nc1cccc(Br)c1. The molecule has 0 saturated heterocycles. The number of anilines is 1. The fourth-order valence-corrected chi connectivity index (χ4v) is 1.69. The van der Waals surface area contributed by atoms with E-state index in [-0.39, 0.29) is 18.5 Å². The topological polar surface area (TPSA) is 41.1 Å². The van der Waals surface area contributed by atoms with Crippen LogP contribution in [-0.2, 0) is 4.79 Å². The van der Waals surface area contributed by atoms with Crippen molar-refractivity contribution in [3.05, 3.63) is 28.7 Å². The molecule has 0 bridgehead atoms. The second-order valence-corrected chi connectivity index (χ2v) is 4.66. The quantitative estimate of drug-likeness (QED) is 0.819. The Morgan fingerprint density at radius 3 is 3.00 bits per heavy atom. The zero-order chi connectivity index (χ0) is 12.7. The van der Waals surface area contributed by atoms with Crippen LogP contribution in [0.15, 0.2) is 28.7 Å². The van der Waals surface area contributed by atoms with Crippen molar-refractivity contribution >= 4 is 27.5 Å². The molecule has 90 valence electrons. The molecule has 1 atom stereocenters. The van der Waals surface area contributed by atoms with Crippen molar-refractivity contribution in [3.8, 4) is 12.3 Å². The average molecular weight is 295 g/mol. The third-order valence-electron chi connectivity index (χ3n) is 2.14. The summed E-state index contributed by atoms with van der Waals surface area (Å²) >= 11 is 3.35. The molecule has 0 aliphatic rings. The van der Waals surface area contributed by atoms with Crippen LogP contribution in [0.5, 0.6) is 0 Å². The molecule has 0 radical (unpaired) electrons. The first-order valence-corrected chi connectivity index (χ1v) is 6.13. The summed E-state index contributed by atoms with van der Waals surface area (Å²) < 4.78 is 0.934. The Morgan fingerprint density at radius 1 is 1.59 bits per heavy atom. The fourth-order valence-electron chi connectivity index (χ4n) is 1.29. The Morgan fingerprint density at radius 2 is 2.35 bits per heavy atom. The summed E-state index contributed by atoms with van der Waals surface area (Å²) in [6.45, 7) is 2.21. The van der Waals surface area contributed by atoms with E-state index in [9.17, 15) is 4.79 Å². The summed E-state index contributed by atoms with van der Waals surface area (Å²) in [6.07, 6.45) is 5.80. The molecule has 0 heterocycles. The summed E-state index contributed by atoms with van der Waals surface area (Å²) in [6, 6.07) is 7.61. The number of halogens is 1. The zero-order valence-electron chi connectivity index (χ0n) is 9.66. The standard InChI is InChI=1S/C13H15BrN2O/c1-3-5-10(2)15-9-13(17)16-12-7-4-6-11(14)8-12/h1,4,6-8,10,15H,5,9H2,2H3,(H,16,17). The molecule has 0 fully saturated rings. The number of rotatable bonds is 5. The van der Waals surface area contributed by atoms with E-state index in [1.54, 1.807) is 0 Å². The molecule has 0 aromatic heterocycles. The molecule has 4 heteroatoms. The summed E-state index contributed by atoms with van der Waals surface area (Å²) in [5.74, 6) is 2.47. The van der Waals surface area contributed by atoms with Gasteiger partial charge in [0.25, 0.3) is 0 Å². The van der Waals surface area contributed by atoms with E-state index in [0.29, 0.717) is 6.42 Å². The van der Waals surface area contributed by atoms with Crippen molar-refractivity contribution in [2.75, 3.05) is 11.9 Å². The van der Waals surface area contributed by atoms with Gasteiger partial charge in [0.15, 0.2) is 0 Å². The second kappa shape index (κ2) is 7.10. The lowest BCUT2D eigenvalue weighted by Gasteiger charge is -2.11. The highest BCUT2D eigenvalue weighted by Gasteiger charge is 2.05. The van der Waals surface area contributed by atoms with E-state index in [4.69, 9.17) is 6.42 Å². The van der Waals surface area contributed by atoms with Crippen LogP contribution >= 0.6 is 15.9 Å². The van der Waals surface area contributed by atoms with Gasteiger partial charge in [-0.15, -0.1) is 12.3 Å². The second-order valence-electron chi connectivity index (χ2n) is 3.75. The molecular weight excluding hydrogens is 280 g/mol. The van der Waals surface area contributed by atoms with Crippen LogP contribution in [0, 0.1) is 12.3 Å². The van der Waals surface area contributed by atoms with Gasteiger partial charge in [-0.2, -0.15) is 0 Å². The monoisotopic (exact) mass is 294 g/mol. The van der Waals surface area contributed by atoms with Crippen LogP contribution in [0.2, 0.25) is 0 Å². The highest BCUT2D eigenvalue weighted by molar-refractivity contribution is 9.10. The summed E-state index contributed by atoms with van der Waals surface area (Å²) in [5.41, 5.74) is 0.774. The number of nitrogens with one attached hydrogen (secondary N) is 2. The molecular formula is C13H15BrN2O. The Balaban J connectivity index is 2.38. The predicted octanol–water partition coefficient (Wildman–Crippen LogP) is 2.39. The minimum absolute atomic E-state index is 0.0769. The largest absolute Gasteiger partial charge is 0.325 e. The lowest BCUT2D eigenvalue weighted by molar-refractivity contribution is -0.115. The number of amides is 1. The molecule has 0 aliphatic carbocycles. The predicted molar refractivity (Wildman–Crippen MR) is 73.7 cm³/mol. The maximum atomic E-state index is 11.6. The van der Waals surface area contributed by atoms with Crippen LogP contribution in [0.3, 0.4) is 0 Å². The molecule has 0 spiro atoms. The number of benzene rings is 1. The minimum Gasteiger partial charge on any atom is -0.325 e. The zero-order valence-corrected chi connectivity index (χ0v) is 11.3. The number of hydrogen-bond acceptors (Lipinski definition) is 2. The third-order valence-corrected chi connectivity index (χ3v) is 2.64. The van der Waals surface area contributed by atoms with Gasteiger partial charge in [0.2, 0.25) is 5.91 Å². The summed E-state index contributed by atoms with van der Waals surface area (Å²) in [4.78, 5) is 11.6. The van der Waals surface area contributed by atoms with Crippen molar-refractivity contribution in [2.24, 2.45) is 0 Å². The van der Waals surface area contributed by atoms with Gasteiger partial charge in [-0.25, -0.2) is 0 Å². The van der Waals surface area contributed by atoms with Crippen LogP contribution < -0.4 is 10.6 Å². The van der Waals surface area contributed by atoms with E-state index in [0.717, 1.165) is 10.2 Å². The molecule has 17 heavy (non-hydrogen) atoms. The van der Waals surface area contributed by atoms with Gasteiger partial charge in [-0.05, 0) is 25.1 Å². The van der Waals surface area contributed by atoms with Crippen LogP contribution in [-0.4, -0.2) is 18.5 Å². The highest BCUT2D eigenvalue weighted by atomic mass is 79.9. The van der Waals surface area contributed by atoms with E-state index < -0.39 is 0 Å².